The monoisotopic (exact) mass is 238 g/mol. The Bertz CT molecular complexity index is 229. The normalized spacial score (nSPS) is 41.8. The Morgan fingerprint density at radius 2 is 1.76 bits per heavy atom. The van der Waals surface area contributed by atoms with Crippen molar-refractivity contribution in [2.45, 2.75) is 65.0 Å². The Labute approximate surface area is 107 Å². The number of nitrogens with one attached hydrogen (secondary N) is 1. The van der Waals surface area contributed by atoms with E-state index in [0.717, 1.165) is 17.9 Å². The summed E-state index contributed by atoms with van der Waals surface area (Å²) < 4.78 is 0. The smallest absolute Gasteiger partial charge is 0.0121 e. The van der Waals surface area contributed by atoms with Gasteiger partial charge in [-0.05, 0) is 51.1 Å². The lowest BCUT2D eigenvalue weighted by atomic mass is 9.84. The molecule has 1 N–H and O–H groups in total. The molecule has 2 rings (SSSR count). The molecule has 0 bridgehead atoms. The summed E-state index contributed by atoms with van der Waals surface area (Å²) in [6.07, 6.45) is 7.11. The van der Waals surface area contributed by atoms with Crippen molar-refractivity contribution in [2.24, 2.45) is 11.8 Å². The molecule has 1 heterocycles. The minimum atomic E-state index is 0.694. The van der Waals surface area contributed by atoms with Crippen LogP contribution in [-0.4, -0.2) is 36.6 Å². The van der Waals surface area contributed by atoms with E-state index in [9.17, 15) is 0 Å². The SMILES string of the molecule is CC1CNC(C)CCN(C2CCCCC2C)C1. The first kappa shape index (κ1) is 13.4. The summed E-state index contributed by atoms with van der Waals surface area (Å²) >= 11 is 0. The molecule has 0 amide bonds. The van der Waals surface area contributed by atoms with Crippen LogP contribution in [0.5, 0.6) is 0 Å². The number of rotatable bonds is 1. The molecule has 0 aromatic heterocycles. The van der Waals surface area contributed by atoms with Crippen LogP contribution in [0.2, 0.25) is 0 Å². The summed E-state index contributed by atoms with van der Waals surface area (Å²) in [7, 11) is 0. The largest absolute Gasteiger partial charge is 0.314 e. The zero-order valence-corrected chi connectivity index (χ0v) is 11.9. The molecule has 0 aromatic carbocycles. The molecule has 1 saturated carbocycles. The van der Waals surface area contributed by atoms with Crippen LogP contribution in [0, 0.1) is 11.8 Å². The molecule has 2 nitrogen and oxygen atoms in total. The van der Waals surface area contributed by atoms with Gasteiger partial charge in [-0.25, -0.2) is 0 Å². The van der Waals surface area contributed by atoms with Gasteiger partial charge < -0.3 is 5.32 Å². The van der Waals surface area contributed by atoms with Gasteiger partial charge in [0.05, 0.1) is 0 Å². The molecule has 17 heavy (non-hydrogen) atoms. The number of nitrogens with zero attached hydrogens (tertiary/aromatic N) is 1. The van der Waals surface area contributed by atoms with Gasteiger partial charge in [-0.1, -0.05) is 26.7 Å². The third kappa shape index (κ3) is 3.69. The zero-order valence-electron chi connectivity index (χ0n) is 11.9. The van der Waals surface area contributed by atoms with Gasteiger partial charge in [0.15, 0.2) is 0 Å². The molecule has 2 fully saturated rings. The minimum absolute atomic E-state index is 0.694. The maximum Gasteiger partial charge on any atom is 0.0121 e. The topological polar surface area (TPSA) is 15.3 Å². The molecule has 2 heteroatoms. The third-order valence-electron chi connectivity index (χ3n) is 4.75. The van der Waals surface area contributed by atoms with Gasteiger partial charge in [0, 0.05) is 18.6 Å². The fraction of sp³-hybridized carbons (Fsp3) is 1.00. The van der Waals surface area contributed by atoms with Crippen molar-refractivity contribution in [3.8, 4) is 0 Å². The van der Waals surface area contributed by atoms with Crippen LogP contribution in [0.15, 0.2) is 0 Å². The van der Waals surface area contributed by atoms with E-state index in [2.05, 4.69) is 31.0 Å². The molecule has 1 saturated heterocycles. The van der Waals surface area contributed by atoms with Gasteiger partial charge in [-0.3, -0.25) is 4.90 Å². The zero-order chi connectivity index (χ0) is 12.3. The first-order valence-corrected chi connectivity index (χ1v) is 7.64. The Hall–Kier alpha value is -0.0800. The summed E-state index contributed by atoms with van der Waals surface area (Å²) in [6.45, 7) is 11.0. The summed E-state index contributed by atoms with van der Waals surface area (Å²) in [4.78, 5) is 2.81. The summed E-state index contributed by atoms with van der Waals surface area (Å²) in [5.41, 5.74) is 0. The van der Waals surface area contributed by atoms with Crippen molar-refractivity contribution in [1.82, 2.24) is 10.2 Å². The maximum atomic E-state index is 3.64. The third-order valence-corrected chi connectivity index (χ3v) is 4.75. The summed E-state index contributed by atoms with van der Waals surface area (Å²) in [6, 6.07) is 1.57. The van der Waals surface area contributed by atoms with E-state index in [1.165, 1.54) is 51.7 Å². The van der Waals surface area contributed by atoms with Gasteiger partial charge in [0.25, 0.3) is 0 Å². The highest BCUT2D eigenvalue weighted by Gasteiger charge is 2.28. The lowest BCUT2D eigenvalue weighted by Crippen LogP contribution is -2.49. The summed E-state index contributed by atoms with van der Waals surface area (Å²) in [5.74, 6) is 1.71. The first-order chi connectivity index (χ1) is 8.16. The lowest BCUT2D eigenvalue weighted by molar-refractivity contribution is 0.0845. The molecular weight excluding hydrogens is 208 g/mol. The van der Waals surface area contributed by atoms with E-state index in [1.54, 1.807) is 0 Å². The molecule has 1 aliphatic carbocycles. The number of hydrogen-bond donors (Lipinski definition) is 1. The van der Waals surface area contributed by atoms with E-state index < -0.39 is 0 Å². The van der Waals surface area contributed by atoms with Crippen molar-refractivity contribution >= 4 is 0 Å². The van der Waals surface area contributed by atoms with Crippen molar-refractivity contribution in [1.29, 1.82) is 0 Å². The molecule has 0 aromatic rings. The first-order valence-electron chi connectivity index (χ1n) is 7.64. The highest BCUT2D eigenvalue weighted by molar-refractivity contribution is 4.84. The second-order valence-electron chi connectivity index (χ2n) is 6.53. The second kappa shape index (κ2) is 6.19. The molecule has 4 atom stereocenters. The fourth-order valence-electron chi connectivity index (χ4n) is 3.56. The molecular formula is C15H30N2. The van der Waals surface area contributed by atoms with E-state index >= 15 is 0 Å². The van der Waals surface area contributed by atoms with Crippen LogP contribution in [0.4, 0.5) is 0 Å². The van der Waals surface area contributed by atoms with Crippen LogP contribution in [0.3, 0.4) is 0 Å². The molecule has 100 valence electrons. The molecule has 2 aliphatic rings. The average molecular weight is 238 g/mol. The van der Waals surface area contributed by atoms with Crippen molar-refractivity contribution in [2.75, 3.05) is 19.6 Å². The minimum Gasteiger partial charge on any atom is -0.314 e. The van der Waals surface area contributed by atoms with E-state index in [4.69, 9.17) is 0 Å². The lowest BCUT2D eigenvalue weighted by Gasteiger charge is -2.41. The summed E-state index contributed by atoms with van der Waals surface area (Å²) in [5, 5.41) is 3.64. The Kier molecular flexibility index (Phi) is 4.87. The highest BCUT2D eigenvalue weighted by Crippen LogP contribution is 2.29. The molecule has 0 spiro atoms. The number of hydrogen-bond acceptors (Lipinski definition) is 2. The average Bonchev–Trinajstić information content (AvgIpc) is 2.31. The quantitative estimate of drug-likeness (QED) is 0.755. The van der Waals surface area contributed by atoms with Crippen LogP contribution >= 0.6 is 0 Å². The highest BCUT2D eigenvalue weighted by atomic mass is 15.2. The Balaban J connectivity index is 1.96. The predicted octanol–water partition coefficient (Wildman–Crippen LogP) is 2.89. The second-order valence-corrected chi connectivity index (χ2v) is 6.53. The molecule has 1 aliphatic heterocycles. The van der Waals surface area contributed by atoms with Gasteiger partial charge in [-0.2, -0.15) is 0 Å². The van der Waals surface area contributed by atoms with Crippen LogP contribution in [0.1, 0.15) is 52.9 Å². The standard InChI is InChI=1S/C15H30N2/c1-12-10-16-14(3)8-9-17(11-12)15-7-5-4-6-13(15)2/h12-16H,4-11H2,1-3H3. The molecule has 4 unspecified atom stereocenters. The van der Waals surface area contributed by atoms with Crippen LogP contribution in [-0.2, 0) is 0 Å². The van der Waals surface area contributed by atoms with Crippen molar-refractivity contribution in [3.05, 3.63) is 0 Å². The van der Waals surface area contributed by atoms with E-state index in [-0.39, 0.29) is 0 Å². The van der Waals surface area contributed by atoms with Gasteiger partial charge in [0.2, 0.25) is 0 Å². The van der Waals surface area contributed by atoms with Crippen LogP contribution in [0.25, 0.3) is 0 Å². The predicted molar refractivity (Wildman–Crippen MR) is 74.2 cm³/mol. The maximum absolute atomic E-state index is 3.64. The van der Waals surface area contributed by atoms with Crippen molar-refractivity contribution in [3.63, 3.8) is 0 Å². The van der Waals surface area contributed by atoms with E-state index in [0.29, 0.717) is 6.04 Å². The van der Waals surface area contributed by atoms with Gasteiger partial charge in [-0.15, -0.1) is 0 Å². The fourth-order valence-corrected chi connectivity index (χ4v) is 3.56. The Morgan fingerprint density at radius 3 is 2.53 bits per heavy atom. The van der Waals surface area contributed by atoms with Gasteiger partial charge >= 0.3 is 0 Å². The Morgan fingerprint density at radius 1 is 1.00 bits per heavy atom. The van der Waals surface area contributed by atoms with Crippen LogP contribution < -0.4 is 5.32 Å². The molecule has 0 radical (unpaired) electrons. The van der Waals surface area contributed by atoms with Gasteiger partial charge in [0.1, 0.15) is 0 Å². The van der Waals surface area contributed by atoms with E-state index in [1.807, 2.05) is 0 Å². The van der Waals surface area contributed by atoms with Crippen molar-refractivity contribution < 1.29 is 0 Å².